The summed E-state index contributed by atoms with van der Waals surface area (Å²) in [4.78, 5) is 23.7. The smallest absolute Gasteiger partial charge is 0.435 e. The summed E-state index contributed by atoms with van der Waals surface area (Å²) in [7, 11) is 2.53. The van der Waals surface area contributed by atoms with E-state index in [1.165, 1.54) is 14.2 Å². The van der Waals surface area contributed by atoms with Gasteiger partial charge in [0.05, 0.1) is 6.61 Å². The van der Waals surface area contributed by atoms with Gasteiger partial charge in [0.1, 0.15) is 12.2 Å². The normalized spacial score (nSPS) is 11.5. The van der Waals surface area contributed by atoms with E-state index in [4.69, 9.17) is 9.84 Å². The molecule has 0 bridgehead atoms. The van der Waals surface area contributed by atoms with Gasteiger partial charge in [-0.1, -0.05) is 0 Å². The first kappa shape index (κ1) is 17.0. The SMILES string of the molecule is COCCN(CC(=O)O)C(=O)c1cc(C(F)(F)F)nn1C. The number of halogens is 3. The third kappa shape index (κ3) is 4.45. The van der Waals surface area contributed by atoms with E-state index in [1.54, 1.807) is 0 Å². The number of ether oxygens (including phenoxy) is 1. The lowest BCUT2D eigenvalue weighted by Crippen LogP contribution is -2.38. The molecule has 0 fully saturated rings. The Balaban J connectivity index is 3.02. The van der Waals surface area contributed by atoms with Crippen molar-refractivity contribution in [1.29, 1.82) is 0 Å². The van der Waals surface area contributed by atoms with E-state index in [-0.39, 0.29) is 18.8 Å². The molecular weight excluding hydrogens is 295 g/mol. The maximum atomic E-state index is 12.5. The second-order valence-corrected chi connectivity index (χ2v) is 4.15. The van der Waals surface area contributed by atoms with Crippen molar-refractivity contribution in [1.82, 2.24) is 14.7 Å². The lowest BCUT2D eigenvalue weighted by Gasteiger charge is -2.20. The molecule has 0 unspecified atom stereocenters. The van der Waals surface area contributed by atoms with Gasteiger partial charge in [0.15, 0.2) is 5.69 Å². The van der Waals surface area contributed by atoms with Crippen LogP contribution in [0.1, 0.15) is 16.2 Å². The molecule has 118 valence electrons. The standard InChI is InChI=1S/C11H14F3N3O4/c1-16-7(5-8(15-16)11(12,13)14)10(20)17(3-4-21-2)6-9(18)19/h5H,3-4,6H2,1-2H3,(H,18,19). The number of carbonyl (C=O) groups is 2. The van der Waals surface area contributed by atoms with Gasteiger partial charge in [-0.05, 0) is 0 Å². The van der Waals surface area contributed by atoms with E-state index in [9.17, 15) is 22.8 Å². The largest absolute Gasteiger partial charge is 0.480 e. The monoisotopic (exact) mass is 309 g/mol. The number of methoxy groups -OCH3 is 1. The number of aromatic nitrogens is 2. The van der Waals surface area contributed by atoms with Crippen LogP contribution in [0.15, 0.2) is 6.07 Å². The number of aryl methyl sites for hydroxylation is 1. The molecular formula is C11H14F3N3O4. The number of amides is 1. The summed E-state index contributed by atoms with van der Waals surface area (Å²) in [5.74, 6) is -2.14. The van der Waals surface area contributed by atoms with Crippen LogP contribution in [-0.2, 0) is 22.8 Å². The first-order valence-electron chi connectivity index (χ1n) is 5.78. The van der Waals surface area contributed by atoms with Crippen LogP contribution in [0.25, 0.3) is 0 Å². The van der Waals surface area contributed by atoms with Gasteiger partial charge in [-0.15, -0.1) is 0 Å². The van der Waals surface area contributed by atoms with Crippen molar-refractivity contribution < 1.29 is 32.6 Å². The Kier molecular flexibility index (Phi) is 5.30. The summed E-state index contributed by atoms with van der Waals surface area (Å²) in [6.07, 6.45) is -4.68. The van der Waals surface area contributed by atoms with Crippen LogP contribution in [0.5, 0.6) is 0 Å². The van der Waals surface area contributed by atoms with Gasteiger partial charge in [0.2, 0.25) is 0 Å². The maximum absolute atomic E-state index is 12.5. The van der Waals surface area contributed by atoms with Crippen LogP contribution in [0, 0.1) is 0 Å². The van der Waals surface area contributed by atoms with E-state index < -0.39 is 30.3 Å². The zero-order valence-electron chi connectivity index (χ0n) is 11.3. The van der Waals surface area contributed by atoms with Gasteiger partial charge in [0.25, 0.3) is 5.91 Å². The highest BCUT2D eigenvalue weighted by Gasteiger charge is 2.36. The van der Waals surface area contributed by atoms with Crippen molar-refractivity contribution in [3.63, 3.8) is 0 Å². The van der Waals surface area contributed by atoms with Crippen molar-refractivity contribution in [2.45, 2.75) is 6.18 Å². The van der Waals surface area contributed by atoms with E-state index in [1.807, 2.05) is 0 Å². The minimum atomic E-state index is -4.68. The lowest BCUT2D eigenvalue weighted by molar-refractivity contribution is -0.141. The van der Waals surface area contributed by atoms with E-state index in [0.717, 1.165) is 9.58 Å². The van der Waals surface area contributed by atoms with E-state index >= 15 is 0 Å². The molecule has 0 aliphatic carbocycles. The molecule has 0 saturated heterocycles. The molecule has 1 aromatic rings. The quantitative estimate of drug-likeness (QED) is 0.832. The van der Waals surface area contributed by atoms with Crippen molar-refractivity contribution in [2.24, 2.45) is 7.05 Å². The van der Waals surface area contributed by atoms with Crippen LogP contribution >= 0.6 is 0 Å². The van der Waals surface area contributed by atoms with Crippen LogP contribution in [-0.4, -0.2) is 58.5 Å². The Labute approximate surface area is 117 Å². The highest BCUT2D eigenvalue weighted by Crippen LogP contribution is 2.28. The molecule has 0 atom stereocenters. The number of hydrogen-bond acceptors (Lipinski definition) is 4. The fraction of sp³-hybridized carbons (Fsp3) is 0.545. The average molecular weight is 309 g/mol. The molecule has 0 saturated carbocycles. The number of alkyl halides is 3. The van der Waals surface area contributed by atoms with E-state index in [2.05, 4.69) is 5.10 Å². The molecule has 21 heavy (non-hydrogen) atoms. The van der Waals surface area contributed by atoms with Crippen LogP contribution in [0.3, 0.4) is 0 Å². The molecule has 1 heterocycles. The summed E-state index contributed by atoms with van der Waals surface area (Å²) in [5.41, 5.74) is -1.56. The number of aliphatic carboxylic acids is 1. The average Bonchev–Trinajstić information content (AvgIpc) is 2.75. The lowest BCUT2D eigenvalue weighted by atomic mass is 10.3. The zero-order valence-corrected chi connectivity index (χ0v) is 11.3. The Morgan fingerprint density at radius 3 is 2.52 bits per heavy atom. The first-order chi connectivity index (χ1) is 9.66. The highest BCUT2D eigenvalue weighted by atomic mass is 19.4. The van der Waals surface area contributed by atoms with Crippen LogP contribution in [0.4, 0.5) is 13.2 Å². The second kappa shape index (κ2) is 6.57. The Morgan fingerprint density at radius 2 is 2.10 bits per heavy atom. The number of carboxylic acids is 1. The van der Waals surface area contributed by atoms with E-state index in [0.29, 0.717) is 6.07 Å². The van der Waals surface area contributed by atoms with Gasteiger partial charge < -0.3 is 14.7 Å². The predicted octanol–water partition coefficient (Wildman–Crippen LogP) is 0.612. The van der Waals surface area contributed by atoms with Crippen molar-refractivity contribution in [2.75, 3.05) is 26.8 Å². The number of nitrogens with zero attached hydrogens (tertiary/aromatic N) is 3. The summed E-state index contributed by atoms with van der Waals surface area (Å²) < 4.78 is 43.1. The molecule has 0 spiro atoms. The van der Waals surface area contributed by atoms with Gasteiger partial charge in [-0.2, -0.15) is 18.3 Å². The molecule has 1 amide bonds. The van der Waals surface area contributed by atoms with Crippen molar-refractivity contribution in [3.8, 4) is 0 Å². The topological polar surface area (TPSA) is 84.7 Å². The fourth-order valence-electron chi connectivity index (χ4n) is 1.59. The molecule has 0 radical (unpaired) electrons. The van der Waals surface area contributed by atoms with Crippen molar-refractivity contribution in [3.05, 3.63) is 17.5 Å². The second-order valence-electron chi connectivity index (χ2n) is 4.15. The fourth-order valence-corrected chi connectivity index (χ4v) is 1.59. The van der Waals surface area contributed by atoms with Gasteiger partial charge >= 0.3 is 12.1 Å². The molecule has 1 rings (SSSR count). The molecule has 1 N–H and O–H groups in total. The molecule has 0 aliphatic rings. The third-order valence-electron chi connectivity index (χ3n) is 2.57. The molecule has 7 nitrogen and oxygen atoms in total. The molecule has 0 aliphatic heterocycles. The van der Waals surface area contributed by atoms with Crippen molar-refractivity contribution >= 4 is 11.9 Å². The minimum absolute atomic E-state index is 0.0585. The number of rotatable bonds is 6. The molecule has 1 aromatic heterocycles. The summed E-state index contributed by atoms with van der Waals surface area (Å²) in [6, 6.07) is 0.587. The van der Waals surface area contributed by atoms with Gasteiger partial charge in [0, 0.05) is 26.8 Å². The Bertz CT molecular complexity index is 527. The Morgan fingerprint density at radius 1 is 1.48 bits per heavy atom. The number of carbonyl (C=O) groups excluding carboxylic acids is 1. The minimum Gasteiger partial charge on any atom is -0.480 e. The first-order valence-corrected chi connectivity index (χ1v) is 5.78. The van der Waals surface area contributed by atoms with Crippen LogP contribution in [0.2, 0.25) is 0 Å². The summed E-state index contributed by atoms with van der Waals surface area (Å²) in [5, 5.41) is 12.0. The molecule has 0 aromatic carbocycles. The maximum Gasteiger partial charge on any atom is 0.435 e. The van der Waals surface area contributed by atoms with Gasteiger partial charge in [-0.3, -0.25) is 14.3 Å². The third-order valence-corrected chi connectivity index (χ3v) is 2.57. The highest BCUT2D eigenvalue weighted by molar-refractivity contribution is 5.94. The summed E-state index contributed by atoms with van der Waals surface area (Å²) in [6.45, 7) is -0.647. The summed E-state index contributed by atoms with van der Waals surface area (Å²) >= 11 is 0. The number of carboxylic acid groups (broad SMARTS) is 1. The number of hydrogen-bond donors (Lipinski definition) is 1. The predicted molar refractivity (Wildman–Crippen MR) is 63.6 cm³/mol. The van der Waals surface area contributed by atoms with Gasteiger partial charge in [-0.25, -0.2) is 0 Å². The van der Waals surface area contributed by atoms with Crippen LogP contribution < -0.4 is 0 Å². The Hall–Kier alpha value is -2.10. The zero-order chi connectivity index (χ0) is 16.2. The molecule has 10 heteroatoms.